The Morgan fingerprint density at radius 2 is 2.14 bits per heavy atom. The van der Waals surface area contributed by atoms with Crippen molar-refractivity contribution >= 4 is 15.9 Å². The molecule has 0 spiro atoms. The SMILES string of the molecule is CNS(=O)(=O)c1cc(C(=O)N(CCO)CC(F)F)n(C)c1. The highest BCUT2D eigenvalue weighted by molar-refractivity contribution is 7.89. The van der Waals surface area contributed by atoms with Gasteiger partial charge in [0.05, 0.1) is 13.2 Å². The maximum absolute atomic E-state index is 12.4. The number of rotatable bonds is 7. The quantitative estimate of drug-likeness (QED) is 0.716. The van der Waals surface area contributed by atoms with Crippen LogP contribution in [0.15, 0.2) is 17.2 Å². The molecule has 0 bridgehead atoms. The van der Waals surface area contributed by atoms with Crippen LogP contribution in [-0.4, -0.2) is 62.1 Å². The second-order valence-electron chi connectivity index (χ2n) is 4.25. The molecule has 1 heterocycles. The Balaban J connectivity index is 3.11. The minimum absolute atomic E-state index is 0.0575. The molecule has 120 valence electrons. The van der Waals surface area contributed by atoms with Crippen LogP contribution < -0.4 is 4.72 Å². The molecule has 1 amide bonds. The van der Waals surface area contributed by atoms with Crippen LogP contribution in [-0.2, 0) is 17.1 Å². The highest BCUT2D eigenvalue weighted by Gasteiger charge is 2.24. The predicted molar refractivity (Wildman–Crippen MR) is 70.7 cm³/mol. The molecule has 1 aromatic heterocycles. The molecule has 0 aromatic carbocycles. The van der Waals surface area contributed by atoms with Crippen molar-refractivity contribution in [3.63, 3.8) is 0 Å². The number of sulfonamides is 1. The maximum atomic E-state index is 12.4. The van der Waals surface area contributed by atoms with E-state index in [9.17, 15) is 22.0 Å². The number of amides is 1. The molecule has 0 unspecified atom stereocenters. The lowest BCUT2D eigenvalue weighted by Crippen LogP contribution is -2.38. The summed E-state index contributed by atoms with van der Waals surface area (Å²) in [5, 5.41) is 8.84. The zero-order valence-corrected chi connectivity index (χ0v) is 12.4. The zero-order valence-electron chi connectivity index (χ0n) is 11.6. The molecule has 0 saturated carbocycles. The van der Waals surface area contributed by atoms with Gasteiger partial charge in [-0.15, -0.1) is 0 Å². The average Bonchev–Trinajstić information content (AvgIpc) is 2.80. The first-order valence-corrected chi connectivity index (χ1v) is 7.49. The zero-order chi connectivity index (χ0) is 16.2. The first kappa shape index (κ1) is 17.5. The summed E-state index contributed by atoms with van der Waals surface area (Å²) in [4.78, 5) is 12.8. The lowest BCUT2D eigenvalue weighted by Gasteiger charge is -2.21. The topological polar surface area (TPSA) is 91.6 Å². The number of hydrogen-bond acceptors (Lipinski definition) is 4. The first-order chi connectivity index (χ1) is 9.72. The number of carbonyl (C=O) groups is 1. The Morgan fingerprint density at radius 3 is 2.62 bits per heavy atom. The summed E-state index contributed by atoms with van der Waals surface area (Å²) in [6.07, 6.45) is -1.54. The van der Waals surface area contributed by atoms with Gasteiger partial charge in [-0.1, -0.05) is 0 Å². The molecule has 2 N–H and O–H groups in total. The van der Waals surface area contributed by atoms with Crippen LogP contribution in [0.5, 0.6) is 0 Å². The normalized spacial score (nSPS) is 11.9. The van der Waals surface area contributed by atoms with Crippen LogP contribution in [0.4, 0.5) is 8.78 Å². The van der Waals surface area contributed by atoms with E-state index in [0.29, 0.717) is 0 Å². The van der Waals surface area contributed by atoms with E-state index in [1.165, 1.54) is 24.9 Å². The van der Waals surface area contributed by atoms with Gasteiger partial charge in [-0.05, 0) is 13.1 Å². The Bertz CT molecular complexity index is 601. The molecular formula is C11H17F2N3O4S. The minimum Gasteiger partial charge on any atom is -0.395 e. The van der Waals surface area contributed by atoms with Crippen LogP contribution in [0.3, 0.4) is 0 Å². The van der Waals surface area contributed by atoms with Crippen LogP contribution in [0.25, 0.3) is 0 Å². The second-order valence-corrected chi connectivity index (χ2v) is 6.13. The monoisotopic (exact) mass is 325 g/mol. The van der Waals surface area contributed by atoms with Crippen molar-refractivity contribution in [3.8, 4) is 0 Å². The van der Waals surface area contributed by atoms with Crippen molar-refractivity contribution in [2.75, 3.05) is 26.7 Å². The highest BCUT2D eigenvalue weighted by Crippen LogP contribution is 2.15. The number of aliphatic hydroxyl groups excluding tert-OH is 1. The van der Waals surface area contributed by atoms with Gasteiger partial charge >= 0.3 is 0 Å². The molecule has 1 aromatic rings. The molecule has 0 aliphatic rings. The van der Waals surface area contributed by atoms with Crippen molar-refractivity contribution in [2.45, 2.75) is 11.3 Å². The van der Waals surface area contributed by atoms with Crippen molar-refractivity contribution in [2.24, 2.45) is 7.05 Å². The van der Waals surface area contributed by atoms with Crippen molar-refractivity contribution in [1.82, 2.24) is 14.2 Å². The molecule has 0 aliphatic carbocycles. The minimum atomic E-state index is -3.73. The Morgan fingerprint density at radius 1 is 1.52 bits per heavy atom. The first-order valence-electron chi connectivity index (χ1n) is 6.01. The number of aliphatic hydroxyl groups is 1. The van der Waals surface area contributed by atoms with E-state index in [-0.39, 0.29) is 17.1 Å². The number of nitrogens with zero attached hydrogens (tertiary/aromatic N) is 2. The Kier molecular flexibility index (Phi) is 5.81. The second kappa shape index (κ2) is 6.96. The highest BCUT2D eigenvalue weighted by atomic mass is 32.2. The summed E-state index contributed by atoms with van der Waals surface area (Å²) in [6, 6.07) is 1.10. The predicted octanol–water partition coefficient (Wildman–Crippen LogP) is -0.367. The van der Waals surface area contributed by atoms with E-state index in [4.69, 9.17) is 5.11 Å². The van der Waals surface area contributed by atoms with Crippen LogP contribution in [0.2, 0.25) is 0 Å². The number of aryl methyl sites for hydroxylation is 1. The Labute approximate surface area is 121 Å². The van der Waals surface area contributed by atoms with Gasteiger partial charge in [0.1, 0.15) is 10.6 Å². The molecule has 0 saturated heterocycles. The van der Waals surface area contributed by atoms with Gasteiger partial charge in [0, 0.05) is 19.8 Å². The summed E-state index contributed by atoms with van der Waals surface area (Å²) in [7, 11) is -1.08. The fraction of sp³-hybridized carbons (Fsp3) is 0.545. The van der Waals surface area contributed by atoms with E-state index in [0.717, 1.165) is 11.0 Å². The fourth-order valence-electron chi connectivity index (χ4n) is 1.74. The molecule has 0 radical (unpaired) electrons. The van der Waals surface area contributed by atoms with Crippen LogP contribution in [0.1, 0.15) is 10.5 Å². The van der Waals surface area contributed by atoms with Gasteiger partial charge in [-0.3, -0.25) is 4.79 Å². The molecule has 10 heteroatoms. The summed E-state index contributed by atoms with van der Waals surface area (Å²) >= 11 is 0. The lowest BCUT2D eigenvalue weighted by molar-refractivity contribution is 0.0501. The molecule has 0 fully saturated rings. The number of hydrogen-bond donors (Lipinski definition) is 2. The van der Waals surface area contributed by atoms with E-state index >= 15 is 0 Å². The summed E-state index contributed by atoms with van der Waals surface area (Å²) in [5.74, 6) is -0.774. The van der Waals surface area contributed by atoms with Gasteiger partial charge < -0.3 is 14.6 Å². The van der Waals surface area contributed by atoms with E-state index in [1.54, 1.807) is 0 Å². The standard InChI is InChI=1S/C11H17F2N3O4S/c1-14-21(19,20)8-5-9(15(2)6-8)11(18)16(3-4-17)7-10(12)13/h5-6,10,14,17H,3-4,7H2,1-2H3. The van der Waals surface area contributed by atoms with E-state index in [1.807, 2.05) is 0 Å². The van der Waals surface area contributed by atoms with Gasteiger partial charge in [-0.25, -0.2) is 21.9 Å². The van der Waals surface area contributed by atoms with E-state index in [2.05, 4.69) is 4.72 Å². The molecule has 1 rings (SSSR count). The summed E-state index contributed by atoms with van der Waals surface area (Å²) in [5.41, 5.74) is -0.0575. The smallest absolute Gasteiger partial charge is 0.270 e. The fourth-order valence-corrected chi connectivity index (χ4v) is 2.54. The van der Waals surface area contributed by atoms with Crippen molar-refractivity contribution in [1.29, 1.82) is 0 Å². The Hall–Kier alpha value is -1.52. The van der Waals surface area contributed by atoms with Crippen LogP contribution >= 0.6 is 0 Å². The molecule has 7 nitrogen and oxygen atoms in total. The van der Waals surface area contributed by atoms with Crippen LogP contribution in [0, 0.1) is 0 Å². The lowest BCUT2D eigenvalue weighted by atomic mass is 10.3. The van der Waals surface area contributed by atoms with Gasteiger partial charge in [0.25, 0.3) is 12.3 Å². The van der Waals surface area contributed by atoms with Crippen molar-refractivity contribution < 1.29 is 27.1 Å². The number of carbonyl (C=O) groups excluding carboxylic acids is 1. The van der Waals surface area contributed by atoms with Gasteiger partial charge in [-0.2, -0.15) is 0 Å². The summed E-state index contributed by atoms with van der Waals surface area (Å²) < 4.78 is 51.5. The summed E-state index contributed by atoms with van der Waals surface area (Å²) in [6.45, 7) is -1.56. The number of alkyl halides is 2. The van der Waals surface area contributed by atoms with Gasteiger partial charge in [0.2, 0.25) is 10.0 Å². The molecule has 21 heavy (non-hydrogen) atoms. The largest absolute Gasteiger partial charge is 0.395 e. The third-order valence-corrected chi connectivity index (χ3v) is 4.17. The van der Waals surface area contributed by atoms with E-state index < -0.39 is 35.5 Å². The number of aromatic nitrogens is 1. The molecular weight excluding hydrogens is 308 g/mol. The average molecular weight is 325 g/mol. The van der Waals surface area contributed by atoms with Gasteiger partial charge in [0.15, 0.2) is 0 Å². The van der Waals surface area contributed by atoms with Crippen molar-refractivity contribution in [3.05, 3.63) is 18.0 Å². The molecule has 0 atom stereocenters. The third kappa shape index (κ3) is 4.22. The third-order valence-electron chi connectivity index (χ3n) is 2.79. The number of nitrogens with one attached hydrogen (secondary N) is 1. The maximum Gasteiger partial charge on any atom is 0.270 e. The number of halogens is 2. The molecule has 0 aliphatic heterocycles.